The molecule has 0 bridgehead atoms. The second kappa shape index (κ2) is 10.3. The maximum atomic E-state index is 5.67. The molecule has 1 aromatic heterocycles. The van der Waals surface area contributed by atoms with Crippen molar-refractivity contribution in [1.29, 1.82) is 0 Å². The number of H-pyrrole nitrogens is 1. The smallest absolute Gasteiger partial charge is 0.111 e. The molecule has 7 rings (SSSR count). The number of allylic oxidation sites excluding steroid dienone is 1. The number of rotatable bonds is 5. The van der Waals surface area contributed by atoms with Gasteiger partial charge in [-0.25, -0.2) is 4.98 Å². The van der Waals surface area contributed by atoms with Gasteiger partial charge in [0.1, 0.15) is 5.82 Å². The third-order valence-corrected chi connectivity index (χ3v) is 8.27. The molecule has 192 valence electrons. The highest BCUT2D eigenvalue weighted by atomic mass is 16.5. The predicted octanol–water partition coefficient (Wildman–Crippen LogP) is 7.40. The highest BCUT2D eigenvalue weighted by Gasteiger charge is 2.23. The number of fused-ring (bicyclic) bond motifs is 1. The lowest BCUT2D eigenvalue weighted by molar-refractivity contribution is 0.0766. The number of hydrogen-bond acceptors (Lipinski definition) is 4. The molecule has 0 amide bonds. The minimum absolute atomic E-state index is 0.373. The van der Waals surface area contributed by atoms with Crippen molar-refractivity contribution in [2.45, 2.75) is 38.0 Å². The number of hydrogen-bond donors (Lipinski definition) is 1. The van der Waals surface area contributed by atoms with Gasteiger partial charge >= 0.3 is 0 Å². The SMILES string of the molecule is C1=C(c2ccc(-c3ccc4cc(-c5cnc([C@H]6CCCOC6)[nH]5)ccc4c3)cc2)CC([C@H]2CCCOC2)=N1. The number of benzene rings is 3. The quantitative estimate of drug-likeness (QED) is 0.309. The summed E-state index contributed by atoms with van der Waals surface area (Å²) >= 11 is 0. The summed E-state index contributed by atoms with van der Waals surface area (Å²) < 4.78 is 11.3. The first kappa shape index (κ1) is 23.6. The van der Waals surface area contributed by atoms with E-state index in [1.165, 1.54) is 45.2 Å². The molecule has 0 saturated carbocycles. The average molecular weight is 504 g/mol. The summed E-state index contributed by atoms with van der Waals surface area (Å²) in [6.45, 7) is 3.34. The van der Waals surface area contributed by atoms with Crippen molar-refractivity contribution in [2.75, 3.05) is 26.4 Å². The van der Waals surface area contributed by atoms with Crippen LogP contribution in [0.1, 0.15) is 49.4 Å². The fourth-order valence-electron chi connectivity index (χ4n) is 5.99. The van der Waals surface area contributed by atoms with Crippen LogP contribution < -0.4 is 0 Å². The van der Waals surface area contributed by atoms with Crippen molar-refractivity contribution in [3.05, 3.63) is 84.4 Å². The fourth-order valence-corrected chi connectivity index (χ4v) is 5.99. The van der Waals surface area contributed by atoms with Gasteiger partial charge in [0, 0.05) is 48.9 Å². The minimum atomic E-state index is 0.373. The van der Waals surface area contributed by atoms with Crippen LogP contribution in [0.5, 0.6) is 0 Å². The second-order valence-electron chi connectivity index (χ2n) is 10.8. The predicted molar refractivity (Wildman–Crippen MR) is 153 cm³/mol. The van der Waals surface area contributed by atoms with Crippen LogP contribution in [-0.2, 0) is 9.47 Å². The number of aromatic amines is 1. The standard InChI is InChI=1S/C33H33N3O2/c1-3-28(20-37-13-1)31-17-30(18-34-31)23-7-5-22(6-8-23)24-9-10-26-16-27(12-11-25(26)15-24)32-19-35-33(36-32)29-4-2-14-38-21-29/h5-12,15-16,18-19,28-29H,1-4,13-14,17,20-21H2,(H,35,36)/t28-,29-/m0/s1. The minimum Gasteiger partial charge on any atom is -0.381 e. The topological polar surface area (TPSA) is 59.5 Å². The Hall–Kier alpha value is -3.54. The maximum Gasteiger partial charge on any atom is 0.111 e. The Bertz CT molecular complexity index is 1500. The summed E-state index contributed by atoms with van der Waals surface area (Å²) in [6.07, 6.45) is 9.53. The number of nitrogens with zero attached hydrogens (tertiary/aromatic N) is 2. The number of ether oxygens (including phenoxy) is 2. The van der Waals surface area contributed by atoms with Gasteiger partial charge in [0.2, 0.25) is 0 Å². The summed E-state index contributed by atoms with van der Waals surface area (Å²) in [5.41, 5.74) is 8.54. The lowest BCUT2D eigenvalue weighted by Gasteiger charge is -2.22. The average Bonchev–Trinajstić information content (AvgIpc) is 3.69. The van der Waals surface area contributed by atoms with Crippen LogP contribution in [0.2, 0.25) is 0 Å². The van der Waals surface area contributed by atoms with Gasteiger partial charge in [-0.2, -0.15) is 0 Å². The molecule has 2 atom stereocenters. The molecule has 0 radical (unpaired) electrons. The highest BCUT2D eigenvalue weighted by Crippen LogP contribution is 2.33. The van der Waals surface area contributed by atoms with Gasteiger partial charge in [0.15, 0.2) is 0 Å². The number of aromatic nitrogens is 2. The van der Waals surface area contributed by atoms with Gasteiger partial charge in [-0.1, -0.05) is 48.5 Å². The molecule has 5 nitrogen and oxygen atoms in total. The summed E-state index contributed by atoms with van der Waals surface area (Å²) in [5, 5.41) is 2.47. The highest BCUT2D eigenvalue weighted by molar-refractivity contribution is 6.00. The molecule has 2 saturated heterocycles. The Kier molecular flexibility index (Phi) is 6.40. The number of nitrogens with one attached hydrogen (secondary N) is 1. The Labute approximate surface area is 223 Å². The third-order valence-electron chi connectivity index (χ3n) is 8.27. The van der Waals surface area contributed by atoms with Crippen molar-refractivity contribution < 1.29 is 9.47 Å². The van der Waals surface area contributed by atoms with E-state index >= 15 is 0 Å². The monoisotopic (exact) mass is 503 g/mol. The number of imidazole rings is 1. The van der Waals surface area contributed by atoms with E-state index in [1.54, 1.807) is 0 Å². The summed E-state index contributed by atoms with van der Waals surface area (Å²) in [6, 6.07) is 22.3. The largest absolute Gasteiger partial charge is 0.381 e. The Balaban J connectivity index is 1.06. The van der Waals surface area contributed by atoms with E-state index in [0.717, 1.165) is 69.2 Å². The zero-order valence-electron chi connectivity index (χ0n) is 21.7. The first-order valence-electron chi connectivity index (χ1n) is 13.9. The van der Waals surface area contributed by atoms with Crippen molar-refractivity contribution in [2.24, 2.45) is 10.9 Å². The van der Waals surface area contributed by atoms with E-state index in [-0.39, 0.29) is 0 Å². The van der Waals surface area contributed by atoms with Crippen molar-refractivity contribution in [1.82, 2.24) is 9.97 Å². The van der Waals surface area contributed by atoms with Crippen LogP contribution in [0, 0.1) is 5.92 Å². The summed E-state index contributed by atoms with van der Waals surface area (Å²) in [4.78, 5) is 13.0. The molecule has 1 N–H and O–H groups in total. The van der Waals surface area contributed by atoms with E-state index in [0.29, 0.717) is 11.8 Å². The van der Waals surface area contributed by atoms with Gasteiger partial charge in [0.25, 0.3) is 0 Å². The number of aliphatic imine (C=N–C) groups is 1. The van der Waals surface area contributed by atoms with Crippen LogP contribution >= 0.6 is 0 Å². The van der Waals surface area contributed by atoms with Gasteiger partial charge in [-0.15, -0.1) is 0 Å². The normalized spacial score (nSPS) is 21.9. The van der Waals surface area contributed by atoms with Crippen LogP contribution in [-0.4, -0.2) is 42.1 Å². The first-order chi connectivity index (χ1) is 18.8. The van der Waals surface area contributed by atoms with E-state index in [9.17, 15) is 0 Å². The van der Waals surface area contributed by atoms with Gasteiger partial charge in [-0.05, 0) is 70.9 Å². The Morgan fingerprint density at radius 2 is 1.37 bits per heavy atom. The molecular formula is C33H33N3O2. The fraction of sp³-hybridized carbons (Fsp3) is 0.333. The van der Waals surface area contributed by atoms with Gasteiger partial charge in [0.05, 0.1) is 25.1 Å². The first-order valence-corrected chi connectivity index (χ1v) is 13.9. The van der Waals surface area contributed by atoms with Crippen molar-refractivity contribution >= 4 is 22.1 Å². The zero-order chi connectivity index (χ0) is 25.3. The second-order valence-corrected chi connectivity index (χ2v) is 10.8. The molecule has 0 unspecified atom stereocenters. The Morgan fingerprint density at radius 3 is 2.11 bits per heavy atom. The maximum absolute atomic E-state index is 5.67. The molecule has 0 spiro atoms. The molecule has 4 heterocycles. The van der Waals surface area contributed by atoms with E-state index in [1.807, 2.05) is 6.20 Å². The van der Waals surface area contributed by atoms with Crippen LogP contribution in [0.25, 0.3) is 38.7 Å². The molecule has 38 heavy (non-hydrogen) atoms. The molecular weight excluding hydrogens is 470 g/mol. The summed E-state index contributed by atoms with van der Waals surface area (Å²) in [5.74, 6) is 1.90. The van der Waals surface area contributed by atoms with Crippen LogP contribution in [0.3, 0.4) is 0 Å². The van der Waals surface area contributed by atoms with Crippen molar-refractivity contribution in [3.63, 3.8) is 0 Å². The molecule has 3 aliphatic rings. The lowest BCUT2D eigenvalue weighted by atomic mass is 9.91. The van der Waals surface area contributed by atoms with Crippen LogP contribution in [0.4, 0.5) is 0 Å². The molecule has 3 aromatic carbocycles. The van der Waals surface area contributed by atoms with E-state index in [2.05, 4.69) is 76.8 Å². The zero-order valence-corrected chi connectivity index (χ0v) is 21.7. The summed E-state index contributed by atoms with van der Waals surface area (Å²) in [7, 11) is 0. The molecule has 5 heteroatoms. The van der Waals surface area contributed by atoms with Crippen LogP contribution in [0.15, 0.2) is 78.1 Å². The molecule has 0 aliphatic carbocycles. The third kappa shape index (κ3) is 4.72. The molecule has 2 fully saturated rings. The van der Waals surface area contributed by atoms with Gasteiger partial charge < -0.3 is 14.5 Å². The Morgan fingerprint density at radius 1 is 0.711 bits per heavy atom. The van der Waals surface area contributed by atoms with Gasteiger partial charge in [-0.3, -0.25) is 4.99 Å². The molecule has 4 aromatic rings. The molecule has 3 aliphatic heterocycles. The van der Waals surface area contributed by atoms with Crippen molar-refractivity contribution in [3.8, 4) is 22.4 Å². The lowest BCUT2D eigenvalue weighted by Crippen LogP contribution is -2.24. The van der Waals surface area contributed by atoms with E-state index in [4.69, 9.17) is 14.5 Å². The van der Waals surface area contributed by atoms with E-state index < -0.39 is 0 Å².